The molecule has 0 aromatic carbocycles. The second-order valence-electron chi connectivity index (χ2n) is 11.0. The van der Waals surface area contributed by atoms with Gasteiger partial charge in [-0.05, 0) is 90.7 Å². The van der Waals surface area contributed by atoms with Gasteiger partial charge in [0.15, 0.2) is 0 Å². The van der Waals surface area contributed by atoms with E-state index in [2.05, 4.69) is 36.3 Å². The first kappa shape index (κ1) is 21.8. The Morgan fingerprint density at radius 1 is 1.09 bits per heavy atom. The third-order valence-electron chi connectivity index (χ3n) is 9.41. The number of carbonyl (C=O) groups excluding carboxylic acids is 1. The molecular weight excluding hydrogens is 406 g/mol. The van der Waals surface area contributed by atoms with Crippen LogP contribution in [0, 0.1) is 28.6 Å². The van der Waals surface area contributed by atoms with Crippen molar-refractivity contribution in [1.29, 1.82) is 0 Å². The van der Waals surface area contributed by atoms with Gasteiger partial charge in [0.1, 0.15) is 0 Å². The minimum atomic E-state index is -2.49. The Hall–Kier alpha value is -2.04. The molecule has 2 fully saturated rings. The quantitative estimate of drug-likeness (QED) is 0.547. The van der Waals surface area contributed by atoms with Crippen LogP contribution in [0.5, 0.6) is 0 Å². The van der Waals surface area contributed by atoms with Crippen molar-refractivity contribution in [1.82, 2.24) is 10.3 Å². The summed E-state index contributed by atoms with van der Waals surface area (Å²) in [5.74, 6) is 1.90. The van der Waals surface area contributed by atoms with E-state index in [0.29, 0.717) is 17.8 Å². The highest BCUT2D eigenvalue weighted by atomic mass is 19.3. The van der Waals surface area contributed by atoms with Gasteiger partial charge in [-0.25, -0.2) is 8.78 Å². The van der Waals surface area contributed by atoms with Crippen molar-refractivity contribution in [3.8, 4) is 0 Å². The number of hydrogen-bond donors (Lipinski definition) is 1. The Labute approximate surface area is 189 Å². The third-order valence-corrected chi connectivity index (χ3v) is 9.41. The van der Waals surface area contributed by atoms with Gasteiger partial charge in [0.2, 0.25) is 5.91 Å². The van der Waals surface area contributed by atoms with E-state index in [1.165, 1.54) is 18.2 Å². The number of hydrogen-bond acceptors (Lipinski definition) is 2. The van der Waals surface area contributed by atoms with Gasteiger partial charge < -0.3 is 5.32 Å². The van der Waals surface area contributed by atoms with Crippen LogP contribution in [0.25, 0.3) is 5.57 Å². The molecule has 3 unspecified atom stereocenters. The lowest BCUT2D eigenvalue weighted by Crippen LogP contribution is -2.51. The molecule has 1 amide bonds. The molecule has 5 rings (SSSR count). The van der Waals surface area contributed by atoms with Gasteiger partial charge in [-0.15, -0.1) is 0 Å². The van der Waals surface area contributed by atoms with Crippen molar-refractivity contribution in [2.75, 3.05) is 0 Å². The number of allylic oxidation sites excluding steroid dienone is 3. The number of aromatic nitrogens is 1. The Kier molecular flexibility index (Phi) is 5.29. The molecule has 1 aromatic heterocycles. The molecule has 0 radical (unpaired) electrons. The fraction of sp³-hybridized carbons (Fsp3) is 0.630. The molecular formula is C27H34F2N2O. The fourth-order valence-electron chi connectivity index (χ4n) is 7.81. The summed E-state index contributed by atoms with van der Waals surface area (Å²) in [6.07, 6.45) is 12.9. The number of rotatable bonds is 3. The molecule has 1 heterocycles. The van der Waals surface area contributed by atoms with Crippen LogP contribution in [0.15, 0.2) is 36.2 Å². The smallest absolute Gasteiger partial charge is 0.265 e. The molecule has 0 saturated heterocycles. The van der Waals surface area contributed by atoms with Crippen molar-refractivity contribution in [2.24, 2.45) is 28.6 Å². The van der Waals surface area contributed by atoms with Crippen molar-refractivity contribution in [2.45, 2.75) is 78.2 Å². The van der Waals surface area contributed by atoms with Crippen molar-refractivity contribution in [3.05, 3.63) is 47.3 Å². The summed E-state index contributed by atoms with van der Waals surface area (Å²) < 4.78 is 26.6. The highest BCUT2D eigenvalue weighted by molar-refractivity contribution is 5.73. The molecule has 32 heavy (non-hydrogen) atoms. The average Bonchev–Trinajstić information content (AvgIpc) is 3.11. The van der Waals surface area contributed by atoms with Crippen LogP contribution in [0.1, 0.15) is 83.3 Å². The lowest BCUT2D eigenvalue weighted by Gasteiger charge is -2.58. The van der Waals surface area contributed by atoms with Crippen molar-refractivity contribution < 1.29 is 13.6 Å². The van der Waals surface area contributed by atoms with Gasteiger partial charge in [0.25, 0.3) is 6.43 Å². The van der Waals surface area contributed by atoms with Crippen LogP contribution in [0.4, 0.5) is 8.78 Å². The summed E-state index contributed by atoms with van der Waals surface area (Å²) in [6.45, 7) is 6.43. The standard InChI is InChI=1S/C27H34F2N2O/c1-16(32)31-20-8-10-26(2)19(13-20)4-5-21-23-7-6-22(27(23,3)11-9-24(21)26)17-12-18(25(28)29)15-30-14-17/h4,6,12,14-15,20-21,23-25H,5,7-11,13H2,1-3H3,(H,31,32)/t20-,21?,23?,24?,26+,27-/m1/s1. The molecule has 4 aliphatic carbocycles. The van der Waals surface area contributed by atoms with Crippen LogP contribution < -0.4 is 5.32 Å². The minimum Gasteiger partial charge on any atom is -0.353 e. The molecule has 0 bridgehead atoms. The monoisotopic (exact) mass is 440 g/mol. The average molecular weight is 441 g/mol. The molecule has 6 atom stereocenters. The molecule has 3 nitrogen and oxygen atoms in total. The van der Waals surface area contributed by atoms with E-state index < -0.39 is 6.43 Å². The van der Waals surface area contributed by atoms with Crippen LogP contribution in [0.2, 0.25) is 0 Å². The number of amides is 1. The molecule has 172 valence electrons. The number of halogens is 2. The number of nitrogens with zero attached hydrogens (tertiary/aromatic N) is 1. The Morgan fingerprint density at radius 3 is 2.62 bits per heavy atom. The predicted octanol–water partition coefficient (Wildman–Crippen LogP) is 6.48. The van der Waals surface area contributed by atoms with Gasteiger partial charge in [0, 0.05) is 30.9 Å². The number of pyridine rings is 1. The second kappa shape index (κ2) is 7.78. The zero-order valence-corrected chi connectivity index (χ0v) is 19.3. The van der Waals surface area contributed by atoms with Gasteiger partial charge in [-0.1, -0.05) is 31.6 Å². The SMILES string of the molecule is CC(=O)N[C@@H]1CC[C@@]2(C)C(=CCC3C2CC[C@]2(C)C(c4cncc(C(F)F)c4)=CCC32)C1. The molecule has 2 saturated carbocycles. The number of alkyl halides is 2. The first-order valence-electron chi connectivity index (χ1n) is 12.1. The topological polar surface area (TPSA) is 42.0 Å². The lowest BCUT2D eigenvalue weighted by molar-refractivity contribution is -0.120. The van der Waals surface area contributed by atoms with E-state index >= 15 is 0 Å². The molecule has 5 heteroatoms. The number of nitrogens with one attached hydrogen (secondary N) is 1. The largest absolute Gasteiger partial charge is 0.353 e. The first-order valence-corrected chi connectivity index (χ1v) is 12.1. The summed E-state index contributed by atoms with van der Waals surface area (Å²) in [6, 6.07) is 1.92. The Morgan fingerprint density at radius 2 is 1.88 bits per heavy atom. The van der Waals surface area contributed by atoms with Crippen LogP contribution in [0.3, 0.4) is 0 Å². The van der Waals surface area contributed by atoms with E-state index in [0.717, 1.165) is 44.1 Å². The van der Waals surface area contributed by atoms with E-state index in [4.69, 9.17) is 0 Å². The summed E-state index contributed by atoms with van der Waals surface area (Å²) in [4.78, 5) is 15.7. The maximum absolute atomic E-state index is 13.3. The van der Waals surface area contributed by atoms with Crippen LogP contribution in [-0.4, -0.2) is 16.9 Å². The van der Waals surface area contributed by atoms with Gasteiger partial charge in [0.05, 0.1) is 0 Å². The fourth-order valence-corrected chi connectivity index (χ4v) is 7.81. The first-order chi connectivity index (χ1) is 15.2. The molecule has 0 spiro atoms. The zero-order valence-electron chi connectivity index (χ0n) is 19.3. The number of carbonyl (C=O) groups is 1. The van der Waals surface area contributed by atoms with E-state index in [1.807, 2.05) is 0 Å². The van der Waals surface area contributed by atoms with Gasteiger partial charge in [-0.3, -0.25) is 9.78 Å². The maximum atomic E-state index is 13.3. The normalized spacial score (nSPS) is 38.3. The Bertz CT molecular complexity index is 986. The zero-order chi connectivity index (χ0) is 22.7. The third kappa shape index (κ3) is 3.34. The molecule has 4 aliphatic rings. The summed E-state index contributed by atoms with van der Waals surface area (Å²) in [7, 11) is 0. The summed E-state index contributed by atoms with van der Waals surface area (Å²) in [5.41, 5.74) is 3.91. The molecule has 1 N–H and O–H groups in total. The minimum absolute atomic E-state index is 0.0119. The molecule has 1 aromatic rings. The van der Waals surface area contributed by atoms with Gasteiger partial charge >= 0.3 is 0 Å². The summed E-state index contributed by atoms with van der Waals surface area (Å²) in [5, 5.41) is 3.14. The molecule has 0 aliphatic heterocycles. The maximum Gasteiger partial charge on any atom is 0.265 e. The van der Waals surface area contributed by atoms with E-state index in [-0.39, 0.29) is 28.3 Å². The highest BCUT2D eigenvalue weighted by Crippen LogP contribution is 2.66. The predicted molar refractivity (Wildman–Crippen MR) is 122 cm³/mol. The van der Waals surface area contributed by atoms with Gasteiger partial charge in [-0.2, -0.15) is 0 Å². The van der Waals surface area contributed by atoms with Crippen LogP contribution >= 0.6 is 0 Å². The Balaban J connectivity index is 1.40. The number of fused-ring (bicyclic) bond motifs is 5. The van der Waals surface area contributed by atoms with Crippen molar-refractivity contribution >= 4 is 11.5 Å². The van der Waals surface area contributed by atoms with E-state index in [9.17, 15) is 13.6 Å². The second-order valence-corrected chi connectivity index (χ2v) is 11.0. The summed E-state index contributed by atoms with van der Waals surface area (Å²) >= 11 is 0. The van der Waals surface area contributed by atoms with Crippen molar-refractivity contribution in [3.63, 3.8) is 0 Å². The lowest BCUT2D eigenvalue weighted by atomic mass is 9.47. The van der Waals surface area contributed by atoms with Crippen LogP contribution in [-0.2, 0) is 4.79 Å². The van der Waals surface area contributed by atoms with E-state index in [1.54, 1.807) is 24.8 Å². The highest BCUT2D eigenvalue weighted by Gasteiger charge is 2.56.